The highest BCUT2D eigenvalue weighted by atomic mass is 16.5. The van der Waals surface area contributed by atoms with Crippen LogP contribution < -0.4 is 10.1 Å². The molecule has 0 amide bonds. The van der Waals surface area contributed by atoms with Gasteiger partial charge in [0.15, 0.2) is 0 Å². The first-order chi connectivity index (χ1) is 9.80. The predicted octanol–water partition coefficient (Wildman–Crippen LogP) is 3.94. The maximum absolute atomic E-state index is 5.93. The van der Waals surface area contributed by atoms with Gasteiger partial charge < -0.3 is 14.5 Å². The van der Waals surface area contributed by atoms with Crippen molar-refractivity contribution in [3.8, 4) is 5.75 Å². The fraction of sp³-hybridized carbons (Fsp3) is 0.412. The monoisotopic (exact) mass is 273 g/mol. The minimum Gasteiger partial charge on any atom is -0.496 e. The summed E-state index contributed by atoms with van der Waals surface area (Å²) in [4.78, 5) is 0. The third-order valence-electron chi connectivity index (χ3n) is 3.36. The van der Waals surface area contributed by atoms with Gasteiger partial charge in [-0.25, -0.2) is 0 Å². The van der Waals surface area contributed by atoms with E-state index in [1.54, 1.807) is 7.11 Å². The first-order valence-corrected chi connectivity index (χ1v) is 7.25. The molecule has 20 heavy (non-hydrogen) atoms. The van der Waals surface area contributed by atoms with Crippen LogP contribution in [0.15, 0.2) is 40.8 Å². The molecule has 0 fully saturated rings. The first-order valence-electron chi connectivity index (χ1n) is 7.25. The van der Waals surface area contributed by atoms with E-state index in [4.69, 9.17) is 9.15 Å². The van der Waals surface area contributed by atoms with Crippen molar-refractivity contribution >= 4 is 0 Å². The zero-order valence-electron chi connectivity index (χ0n) is 12.5. The number of hydrogen-bond acceptors (Lipinski definition) is 3. The molecule has 1 atom stereocenters. The maximum Gasteiger partial charge on any atom is 0.125 e. The van der Waals surface area contributed by atoms with Crippen molar-refractivity contribution in [2.45, 2.75) is 32.7 Å². The standard InChI is InChI=1S/C17H23NO2/c1-4-12-18-17(16-11-10-13(5-2)20-16)14-8-6-7-9-15(14)19-3/h6-11,17-18H,4-5,12H2,1-3H3. The summed E-state index contributed by atoms with van der Waals surface area (Å²) in [6.45, 7) is 5.19. The van der Waals surface area contributed by atoms with Gasteiger partial charge in [0.2, 0.25) is 0 Å². The van der Waals surface area contributed by atoms with E-state index in [2.05, 4.69) is 31.3 Å². The fourth-order valence-electron chi connectivity index (χ4n) is 2.30. The molecule has 2 rings (SSSR count). The molecule has 0 saturated carbocycles. The Labute approximate surface area is 121 Å². The van der Waals surface area contributed by atoms with Crippen molar-refractivity contribution in [3.63, 3.8) is 0 Å². The molecule has 1 heterocycles. The van der Waals surface area contributed by atoms with E-state index >= 15 is 0 Å². The van der Waals surface area contributed by atoms with Crippen molar-refractivity contribution in [2.24, 2.45) is 0 Å². The number of rotatable bonds is 7. The van der Waals surface area contributed by atoms with Crippen molar-refractivity contribution in [3.05, 3.63) is 53.5 Å². The van der Waals surface area contributed by atoms with Gasteiger partial charge >= 0.3 is 0 Å². The number of hydrogen-bond donors (Lipinski definition) is 1. The van der Waals surface area contributed by atoms with Gasteiger partial charge in [0.05, 0.1) is 13.2 Å². The number of benzene rings is 1. The molecule has 0 radical (unpaired) electrons. The Morgan fingerprint density at radius 2 is 1.95 bits per heavy atom. The molecule has 0 spiro atoms. The number of methoxy groups -OCH3 is 1. The van der Waals surface area contributed by atoms with Gasteiger partial charge in [0, 0.05) is 12.0 Å². The summed E-state index contributed by atoms with van der Waals surface area (Å²) in [6.07, 6.45) is 1.99. The van der Waals surface area contributed by atoms with Gasteiger partial charge in [0.25, 0.3) is 0 Å². The lowest BCUT2D eigenvalue weighted by atomic mass is 10.0. The Morgan fingerprint density at radius 1 is 1.15 bits per heavy atom. The highest BCUT2D eigenvalue weighted by Gasteiger charge is 2.20. The largest absolute Gasteiger partial charge is 0.496 e. The highest BCUT2D eigenvalue weighted by molar-refractivity contribution is 5.39. The van der Waals surface area contributed by atoms with E-state index < -0.39 is 0 Å². The summed E-state index contributed by atoms with van der Waals surface area (Å²) in [5.74, 6) is 2.84. The van der Waals surface area contributed by atoms with Gasteiger partial charge in [-0.15, -0.1) is 0 Å². The van der Waals surface area contributed by atoms with E-state index in [1.807, 2.05) is 24.3 Å². The molecule has 1 aromatic heterocycles. The highest BCUT2D eigenvalue weighted by Crippen LogP contribution is 2.31. The zero-order chi connectivity index (χ0) is 14.4. The third-order valence-corrected chi connectivity index (χ3v) is 3.36. The SMILES string of the molecule is CCCNC(c1ccc(CC)o1)c1ccccc1OC. The summed E-state index contributed by atoms with van der Waals surface area (Å²) in [5, 5.41) is 3.54. The van der Waals surface area contributed by atoms with E-state index in [0.717, 1.165) is 42.2 Å². The van der Waals surface area contributed by atoms with E-state index in [1.165, 1.54) is 0 Å². The number of para-hydroxylation sites is 1. The molecule has 2 aromatic rings. The minimum absolute atomic E-state index is 0.0337. The summed E-state index contributed by atoms with van der Waals surface area (Å²) >= 11 is 0. The molecule has 1 N–H and O–H groups in total. The number of nitrogens with one attached hydrogen (secondary N) is 1. The lowest BCUT2D eigenvalue weighted by molar-refractivity contribution is 0.387. The van der Waals surface area contributed by atoms with Crippen LogP contribution in [0.3, 0.4) is 0 Å². The second-order valence-electron chi connectivity index (χ2n) is 4.79. The summed E-state index contributed by atoms with van der Waals surface area (Å²) in [6, 6.07) is 12.2. The fourth-order valence-corrected chi connectivity index (χ4v) is 2.30. The first kappa shape index (κ1) is 14.7. The molecule has 0 bridgehead atoms. The number of aryl methyl sites for hydroxylation is 1. The molecule has 3 nitrogen and oxygen atoms in total. The van der Waals surface area contributed by atoms with Crippen LogP contribution in [0.4, 0.5) is 0 Å². The van der Waals surface area contributed by atoms with Crippen LogP contribution in [0.1, 0.15) is 43.4 Å². The molecule has 0 aliphatic heterocycles. The molecule has 0 saturated heterocycles. The third kappa shape index (κ3) is 3.23. The topological polar surface area (TPSA) is 34.4 Å². The minimum atomic E-state index is 0.0337. The number of ether oxygens (including phenoxy) is 1. The van der Waals surface area contributed by atoms with Gasteiger partial charge in [-0.2, -0.15) is 0 Å². The van der Waals surface area contributed by atoms with Crippen LogP contribution in [0.5, 0.6) is 5.75 Å². The van der Waals surface area contributed by atoms with Crippen LogP contribution in [0.2, 0.25) is 0 Å². The Bertz CT molecular complexity index is 533. The average molecular weight is 273 g/mol. The van der Waals surface area contributed by atoms with Crippen LogP contribution in [-0.4, -0.2) is 13.7 Å². The maximum atomic E-state index is 5.93. The van der Waals surface area contributed by atoms with Gasteiger partial charge in [-0.3, -0.25) is 0 Å². The summed E-state index contributed by atoms with van der Waals surface area (Å²) in [7, 11) is 1.70. The molecular weight excluding hydrogens is 250 g/mol. The lowest BCUT2D eigenvalue weighted by Gasteiger charge is -2.19. The van der Waals surface area contributed by atoms with Gasteiger partial charge in [-0.1, -0.05) is 32.0 Å². The van der Waals surface area contributed by atoms with Crippen molar-refractivity contribution in [1.29, 1.82) is 0 Å². The summed E-state index contributed by atoms with van der Waals surface area (Å²) in [5.41, 5.74) is 1.11. The molecule has 108 valence electrons. The number of furan rings is 1. The Morgan fingerprint density at radius 3 is 2.60 bits per heavy atom. The van der Waals surface area contributed by atoms with Gasteiger partial charge in [-0.05, 0) is 31.2 Å². The van der Waals surface area contributed by atoms with Crippen LogP contribution in [0, 0.1) is 0 Å². The Kier molecular flexibility index (Phi) is 5.24. The van der Waals surface area contributed by atoms with Crippen molar-refractivity contribution in [2.75, 3.05) is 13.7 Å². The molecule has 0 aliphatic rings. The van der Waals surface area contributed by atoms with Crippen molar-refractivity contribution in [1.82, 2.24) is 5.32 Å². The van der Waals surface area contributed by atoms with Crippen LogP contribution >= 0.6 is 0 Å². The van der Waals surface area contributed by atoms with E-state index in [-0.39, 0.29) is 6.04 Å². The molecule has 0 aliphatic carbocycles. The lowest BCUT2D eigenvalue weighted by Crippen LogP contribution is -2.23. The van der Waals surface area contributed by atoms with Gasteiger partial charge in [0.1, 0.15) is 17.3 Å². The molecule has 1 aromatic carbocycles. The van der Waals surface area contributed by atoms with Crippen molar-refractivity contribution < 1.29 is 9.15 Å². The average Bonchev–Trinajstić information content (AvgIpc) is 2.97. The smallest absolute Gasteiger partial charge is 0.125 e. The predicted molar refractivity (Wildman–Crippen MR) is 81.2 cm³/mol. The Hall–Kier alpha value is -1.74. The Balaban J connectivity index is 2.35. The molecule has 1 unspecified atom stereocenters. The second-order valence-corrected chi connectivity index (χ2v) is 4.79. The van der Waals surface area contributed by atoms with E-state index in [9.17, 15) is 0 Å². The van der Waals surface area contributed by atoms with Crippen LogP contribution in [-0.2, 0) is 6.42 Å². The summed E-state index contributed by atoms with van der Waals surface area (Å²) < 4.78 is 11.4. The second kappa shape index (κ2) is 7.15. The zero-order valence-corrected chi connectivity index (χ0v) is 12.5. The quantitative estimate of drug-likeness (QED) is 0.829. The molecule has 3 heteroatoms. The normalized spacial score (nSPS) is 12.3. The molecular formula is C17H23NO2. The van der Waals surface area contributed by atoms with E-state index in [0.29, 0.717) is 0 Å². The van der Waals surface area contributed by atoms with Crippen LogP contribution in [0.25, 0.3) is 0 Å².